The van der Waals surface area contributed by atoms with E-state index in [1.54, 1.807) is 12.1 Å². The van der Waals surface area contributed by atoms with Crippen molar-refractivity contribution >= 4 is 11.3 Å². The number of benzene rings is 1. The summed E-state index contributed by atoms with van der Waals surface area (Å²) in [4.78, 5) is 3.73. The Hall–Kier alpha value is -1.60. The summed E-state index contributed by atoms with van der Waals surface area (Å²) in [6, 6.07) is 4.69. The topological polar surface area (TPSA) is 48.1 Å². The number of hydrogen-bond acceptors (Lipinski definition) is 4. The molecule has 108 valence electrons. The van der Waals surface area contributed by atoms with Gasteiger partial charge in [-0.15, -0.1) is 11.3 Å². The lowest BCUT2D eigenvalue weighted by Gasteiger charge is -2.14. The van der Waals surface area contributed by atoms with E-state index in [4.69, 9.17) is 10.5 Å². The summed E-state index contributed by atoms with van der Waals surface area (Å²) in [6.07, 6.45) is -3.28. The summed E-state index contributed by atoms with van der Waals surface area (Å²) < 4.78 is 42.9. The van der Waals surface area contributed by atoms with Gasteiger partial charge >= 0.3 is 6.18 Å². The predicted molar refractivity (Wildman–Crippen MR) is 70.9 cm³/mol. The summed E-state index contributed by atoms with van der Waals surface area (Å²) in [6.45, 7) is 1.90. The molecule has 0 saturated heterocycles. The molecule has 0 amide bonds. The van der Waals surface area contributed by atoms with Gasteiger partial charge in [-0.05, 0) is 18.6 Å². The summed E-state index contributed by atoms with van der Waals surface area (Å²) in [5.41, 5.74) is 7.64. The molecule has 0 aliphatic carbocycles. The molecular weight excluding hydrogens is 289 g/mol. The van der Waals surface area contributed by atoms with Crippen molar-refractivity contribution in [3.05, 3.63) is 45.4 Å². The second-order valence-corrected chi connectivity index (χ2v) is 5.35. The molecule has 0 fully saturated rings. The largest absolute Gasteiger partial charge is 0.496 e. The molecule has 0 aliphatic heterocycles. The number of alkyl halides is 3. The molecule has 1 aromatic heterocycles. The van der Waals surface area contributed by atoms with E-state index in [2.05, 4.69) is 4.98 Å². The first kappa shape index (κ1) is 14.8. The standard InChI is InChI=1S/C13H13F3N2OS/c1-7-3-4-8(9(5-7)19-2)11(17)10-6-18-12(20-10)13(14,15)16/h3-6,11H,17H2,1-2H3. The number of methoxy groups -OCH3 is 1. The third kappa shape index (κ3) is 2.94. The average Bonchev–Trinajstić information content (AvgIpc) is 2.87. The number of aromatic nitrogens is 1. The van der Waals surface area contributed by atoms with E-state index < -0.39 is 17.2 Å². The Morgan fingerprint density at radius 2 is 2.05 bits per heavy atom. The Morgan fingerprint density at radius 1 is 1.35 bits per heavy atom. The minimum Gasteiger partial charge on any atom is -0.496 e. The maximum absolute atomic E-state index is 12.5. The van der Waals surface area contributed by atoms with Gasteiger partial charge in [0.25, 0.3) is 0 Å². The Morgan fingerprint density at radius 3 is 2.60 bits per heavy atom. The van der Waals surface area contributed by atoms with Crippen LogP contribution in [0.15, 0.2) is 24.4 Å². The number of rotatable bonds is 3. The van der Waals surface area contributed by atoms with E-state index in [-0.39, 0.29) is 0 Å². The minimum atomic E-state index is -4.44. The number of nitrogens with two attached hydrogens (primary N) is 1. The van der Waals surface area contributed by atoms with Crippen LogP contribution in [0.4, 0.5) is 13.2 Å². The van der Waals surface area contributed by atoms with Crippen LogP contribution in [0.3, 0.4) is 0 Å². The number of aryl methyl sites for hydroxylation is 1. The van der Waals surface area contributed by atoms with E-state index in [0.717, 1.165) is 11.8 Å². The van der Waals surface area contributed by atoms with Gasteiger partial charge in [0, 0.05) is 16.6 Å². The molecule has 20 heavy (non-hydrogen) atoms. The number of thiazole rings is 1. The molecular formula is C13H13F3N2OS. The number of halogens is 3. The average molecular weight is 302 g/mol. The highest BCUT2D eigenvalue weighted by Gasteiger charge is 2.35. The molecule has 1 aromatic carbocycles. The van der Waals surface area contributed by atoms with Crippen molar-refractivity contribution in [2.24, 2.45) is 5.73 Å². The van der Waals surface area contributed by atoms with Crippen LogP contribution in [0.1, 0.15) is 27.1 Å². The van der Waals surface area contributed by atoms with Crippen molar-refractivity contribution in [2.75, 3.05) is 7.11 Å². The lowest BCUT2D eigenvalue weighted by Crippen LogP contribution is -2.11. The SMILES string of the molecule is COc1cc(C)ccc1C(N)c1cnc(C(F)(F)F)s1. The number of nitrogens with zero attached hydrogens (tertiary/aromatic N) is 1. The fourth-order valence-electron chi connectivity index (χ4n) is 1.79. The van der Waals surface area contributed by atoms with Crippen LogP contribution in [-0.2, 0) is 6.18 Å². The molecule has 3 nitrogen and oxygen atoms in total. The van der Waals surface area contributed by atoms with Gasteiger partial charge in [0.15, 0.2) is 5.01 Å². The van der Waals surface area contributed by atoms with Crippen molar-refractivity contribution in [3.63, 3.8) is 0 Å². The maximum atomic E-state index is 12.5. The van der Waals surface area contributed by atoms with Crippen LogP contribution in [0.2, 0.25) is 0 Å². The quantitative estimate of drug-likeness (QED) is 0.943. The van der Waals surface area contributed by atoms with Gasteiger partial charge in [-0.2, -0.15) is 13.2 Å². The van der Waals surface area contributed by atoms with Crippen LogP contribution in [0.5, 0.6) is 5.75 Å². The smallest absolute Gasteiger partial charge is 0.443 e. The van der Waals surface area contributed by atoms with E-state index in [9.17, 15) is 13.2 Å². The summed E-state index contributed by atoms with van der Waals surface area (Å²) in [5.74, 6) is 0.555. The maximum Gasteiger partial charge on any atom is 0.443 e. The zero-order chi connectivity index (χ0) is 14.9. The predicted octanol–water partition coefficient (Wildman–Crippen LogP) is 3.53. The molecule has 0 radical (unpaired) electrons. The van der Waals surface area contributed by atoms with Gasteiger partial charge in [0.05, 0.1) is 13.2 Å². The molecule has 0 aliphatic rings. The van der Waals surface area contributed by atoms with Crippen molar-refractivity contribution in [1.29, 1.82) is 0 Å². The Labute approximate surface area is 118 Å². The molecule has 0 spiro atoms. The lowest BCUT2D eigenvalue weighted by molar-refractivity contribution is -0.137. The van der Waals surface area contributed by atoms with E-state index in [1.165, 1.54) is 7.11 Å². The first-order chi connectivity index (χ1) is 9.32. The van der Waals surface area contributed by atoms with Crippen LogP contribution >= 0.6 is 11.3 Å². The fourth-order valence-corrected chi connectivity index (χ4v) is 2.59. The zero-order valence-corrected chi connectivity index (χ0v) is 11.7. The van der Waals surface area contributed by atoms with Crippen LogP contribution in [-0.4, -0.2) is 12.1 Å². The number of ether oxygens (including phenoxy) is 1. The molecule has 7 heteroatoms. The van der Waals surface area contributed by atoms with Crippen LogP contribution < -0.4 is 10.5 Å². The van der Waals surface area contributed by atoms with Crippen molar-refractivity contribution in [1.82, 2.24) is 4.98 Å². The highest BCUT2D eigenvalue weighted by molar-refractivity contribution is 7.11. The van der Waals surface area contributed by atoms with Gasteiger partial charge in [0.2, 0.25) is 0 Å². The Kier molecular flexibility index (Phi) is 4.01. The van der Waals surface area contributed by atoms with Crippen molar-refractivity contribution in [3.8, 4) is 5.75 Å². The summed E-state index contributed by atoms with van der Waals surface area (Å²) in [7, 11) is 1.50. The Bertz CT molecular complexity index is 610. The molecule has 0 saturated carbocycles. The summed E-state index contributed by atoms with van der Waals surface area (Å²) in [5, 5.41) is -0.894. The Balaban J connectivity index is 2.36. The van der Waals surface area contributed by atoms with E-state index >= 15 is 0 Å². The normalized spacial score (nSPS) is 13.3. The van der Waals surface area contributed by atoms with Crippen LogP contribution in [0.25, 0.3) is 0 Å². The highest BCUT2D eigenvalue weighted by Crippen LogP contribution is 2.37. The highest BCUT2D eigenvalue weighted by atomic mass is 32.1. The molecule has 2 rings (SSSR count). The van der Waals surface area contributed by atoms with Gasteiger partial charge < -0.3 is 10.5 Å². The second kappa shape index (κ2) is 5.41. The molecule has 0 bridgehead atoms. The van der Waals surface area contributed by atoms with Crippen LogP contribution in [0, 0.1) is 6.92 Å². The molecule has 1 heterocycles. The third-order valence-corrected chi connectivity index (χ3v) is 3.92. The molecule has 1 atom stereocenters. The van der Waals surface area contributed by atoms with Gasteiger partial charge in [-0.3, -0.25) is 0 Å². The third-order valence-electron chi connectivity index (χ3n) is 2.80. The monoisotopic (exact) mass is 302 g/mol. The molecule has 2 aromatic rings. The lowest BCUT2D eigenvalue weighted by atomic mass is 10.0. The summed E-state index contributed by atoms with van der Waals surface area (Å²) >= 11 is 0.549. The van der Waals surface area contributed by atoms with Crippen molar-refractivity contribution in [2.45, 2.75) is 19.1 Å². The second-order valence-electron chi connectivity index (χ2n) is 4.29. The molecule has 2 N–H and O–H groups in total. The van der Waals surface area contributed by atoms with Gasteiger partial charge in [0.1, 0.15) is 5.75 Å². The van der Waals surface area contributed by atoms with Crippen molar-refractivity contribution < 1.29 is 17.9 Å². The number of hydrogen-bond donors (Lipinski definition) is 1. The van der Waals surface area contributed by atoms with Gasteiger partial charge in [-0.25, -0.2) is 4.98 Å². The zero-order valence-electron chi connectivity index (χ0n) is 10.9. The first-order valence-corrected chi connectivity index (χ1v) is 6.57. The minimum absolute atomic E-state index is 0.347. The van der Waals surface area contributed by atoms with E-state index in [0.29, 0.717) is 27.5 Å². The van der Waals surface area contributed by atoms with Gasteiger partial charge in [-0.1, -0.05) is 12.1 Å². The molecule has 1 unspecified atom stereocenters. The van der Waals surface area contributed by atoms with E-state index in [1.807, 2.05) is 13.0 Å². The fraction of sp³-hybridized carbons (Fsp3) is 0.308. The first-order valence-electron chi connectivity index (χ1n) is 5.76.